The van der Waals surface area contributed by atoms with Gasteiger partial charge in [0.15, 0.2) is 0 Å². The third-order valence-corrected chi connectivity index (χ3v) is 6.03. The van der Waals surface area contributed by atoms with E-state index in [1.165, 1.54) is 18.2 Å². The summed E-state index contributed by atoms with van der Waals surface area (Å²) in [4.78, 5) is 24.9. The summed E-state index contributed by atoms with van der Waals surface area (Å²) in [6.45, 7) is 0. The number of benzene rings is 2. The van der Waals surface area contributed by atoms with Crippen molar-refractivity contribution in [3.8, 4) is 22.7 Å². The lowest BCUT2D eigenvalue weighted by Gasteiger charge is -2.14. The lowest BCUT2D eigenvalue weighted by molar-refractivity contribution is -0.144. The summed E-state index contributed by atoms with van der Waals surface area (Å²) in [7, 11) is 0.959. The summed E-state index contributed by atoms with van der Waals surface area (Å²) in [5.41, 5.74) is -2.50. The summed E-state index contributed by atoms with van der Waals surface area (Å²) < 4.78 is 46.3. The van der Waals surface area contributed by atoms with Gasteiger partial charge in [0.1, 0.15) is 11.4 Å². The maximum Gasteiger partial charge on any atom is 0.431 e. The molecule has 0 radical (unpaired) electrons. The maximum atomic E-state index is 13.1. The van der Waals surface area contributed by atoms with Crippen LogP contribution >= 0.6 is 34.1 Å². The Morgan fingerprint density at radius 3 is 2.53 bits per heavy atom. The van der Waals surface area contributed by atoms with Crippen molar-refractivity contribution >= 4 is 44.2 Å². The zero-order valence-corrected chi connectivity index (χ0v) is 18.0. The number of aromatic hydroxyl groups is 1. The molecule has 0 saturated heterocycles. The summed E-state index contributed by atoms with van der Waals surface area (Å²) in [5, 5.41) is 10.8. The highest BCUT2D eigenvalue weighted by Gasteiger charge is 2.35. The molecule has 4 rings (SSSR count). The van der Waals surface area contributed by atoms with Crippen LogP contribution < -0.4 is 11.2 Å². The molecule has 0 aliphatic rings. The predicted molar refractivity (Wildman–Crippen MR) is 115 cm³/mol. The minimum atomic E-state index is -4.83. The second-order valence-electron chi connectivity index (χ2n) is 6.42. The number of alkyl halides is 3. The van der Waals surface area contributed by atoms with Crippen molar-refractivity contribution in [2.24, 2.45) is 7.05 Å². The molecule has 0 bridgehead atoms. The maximum absolute atomic E-state index is 13.1. The number of phenolic OH excluding ortho intramolecular Hbond substituents is 1. The van der Waals surface area contributed by atoms with Crippen molar-refractivity contribution in [1.82, 2.24) is 13.5 Å². The first kappa shape index (κ1) is 20.6. The zero-order valence-electron chi connectivity index (χ0n) is 15.1. The highest BCUT2D eigenvalue weighted by atomic mass is 127. The largest absolute Gasteiger partial charge is 0.507 e. The van der Waals surface area contributed by atoms with Gasteiger partial charge in [-0.25, -0.2) is 9.36 Å². The van der Waals surface area contributed by atoms with Crippen LogP contribution in [0.5, 0.6) is 5.75 Å². The minimum absolute atomic E-state index is 0.00984. The molecule has 6 nitrogen and oxygen atoms in total. The Morgan fingerprint density at radius 2 is 1.83 bits per heavy atom. The van der Waals surface area contributed by atoms with E-state index in [9.17, 15) is 27.9 Å². The molecule has 0 spiro atoms. The van der Waals surface area contributed by atoms with Crippen LogP contribution in [0.25, 0.3) is 27.0 Å². The highest BCUT2D eigenvalue weighted by molar-refractivity contribution is 14.1. The van der Waals surface area contributed by atoms with E-state index in [2.05, 4.69) is 27.0 Å². The van der Waals surface area contributed by atoms with Crippen molar-refractivity contribution < 1.29 is 18.3 Å². The van der Waals surface area contributed by atoms with Crippen molar-refractivity contribution in [3.05, 3.63) is 72.6 Å². The van der Waals surface area contributed by atoms with E-state index in [1.54, 1.807) is 18.2 Å². The van der Waals surface area contributed by atoms with Gasteiger partial charge in [-0.1, -0.05) is 0 Å². The van der Waals surface area contributed by atoms with E-state index in [-0.39, 0.29) is 11.4 Å². The van der Waals surface area contributed by atoms with Crippen LogP contribution in [0.3, 0.4) is 0 Å². The van der Waals surface area contributed by atoms with E-state index in [1.807, 2.05) is 0 Å². The number of aromatic nitrogens is 3. The van der Waals surface area contributed by atoms with Crippen LogP contribution in [0, 0.1) is 3.57 Å². The fourth-order valence-corrected chi connectivity index (χ4v) is 4.35. The highest BCUT2D eigenvalue weighted by Crippen LogP contribution is 2.37. The topological polar surface area (TPSA) is 77.1 Å². The van der Waals surface area contributed by atoms with Gasteiger partial charge in [0.25, 0.3) is 5.56 Å². The fraction of sp³-hybridized carbons (Fsp3) is 0.105. The zero-order chi connectivity index (χ0) is 21.8. The van der Waals surface area contributed by atoms with Crippen LogP contribution in [0.4, 0.5) is 13.2 Å². The number of phenols is 1. The smallest absolute Gasteiger partial charge is 0.431 e. The minimum Gasteiger partial charge on any atom is -0.507 e. The number of hydrogen-bond donors (Lipinski definition) is 1. The van der Waals surface area contributed by atoms with Crippen LogP contribution in [0.1, 0.15) is 5.69 Å². The van der Waals surface area contributed by atoms with Crippen LogP contribution in [-0.4, -0.2) is 18.6 Å². The number of fused-ring (bicyclic) bond motifs is 1. The molecule has 0 saturated carbocycles. The van der Waals surface area contributed by atoms with Gasteiger partial charge in [0.05, 0.1) is 16.1 Å². The SMILES string of the molecule is Cn1c(C(F)(F)F)cc(=O)n(-c2ccc3snc(-c4cc(I)ccc4O)c3c2)c1=O. The summed E-state index contributed by atoms with van der Waals surface area (Å²) in [5.74, 6) is 0.00984. The molecule has 0 aliphatic carbocycles. The van der Waals surface area contributed by atoms with Gasteiger partial charge >= 0.3 is 11.9 Å². The third-order valence-electron chi connectivity index (χ3n) is 4.54. The Hall–Kier alpha value is -2.67. The Kier molecular flexibility index (Phi) is 4.97. The first-order valence-corrected chi connectivity index (χ1v) is 10.2. The van der Waals surface area contributed by atoms with Crippen LogP contribution in [0.15, 0.2) is 52.1 Å². The number of nitrogens with zero attached hydrogens (tertiary/aromatic N) is 3. The van der Waals surface area contributed by atoms with Crippen LogP contribution in [0.2, 0.25) is 0 Å². The van der Waals surface area contributed by atoms with Gasteiger partial charge in [-0.2, -0.15) is 17.5 Å². The normalized spacial score (nSPS) is 11.9. The molecule has 2 aromatic carbocycles. The molecule has 154 valence electrons. The van der Waals surface area contributed by atoms with Gasteiger partial charge in [-0.3, -0.25) is 9.36 Å². The fourth-order valence-electron chi connectivity index (χ4n) is 3.09. The number of halogens is 4. The van der Waals surface area contributed by atoms with Gasteiger partial charge in [0, 0.05) is 27.6 Å². The lowest BCUT2D eigenvalue weighted by Crippen LogP contribution is -2.40. The average molecular weight is 545 g/mol. The average Bonchev–Trinajstić information content (AvgIpc) is 3.09. The third kappa shape index (κ3) is 3.41. The van der Waals surface area contributed by atoms with Gasteiger partial charge in [-0.05, 0) is 70.5 Å². The first-order valence-electron chi connectivity index (χ1n) is 8.37. The molecule has 0 amide bonds. The molecule has 2 heterocycles. The van der Waals surface area contributed by atoms with Crippen molar-refractivity contribution in [1.29, 1.82) is 0 Å². The molecule has 30 heavy (non-hydrogen) atoms. The summed E-state index contributed by atoms with van der Waals surface area (Å²) in [6.07, 6.45) is -4.83. The Bertz CT molecular complexity index is 1420. The predicted octanol–water partition coefficient (Wildman–Crippen LogP) is 4.14. The molecule has 1 N–H and O–H groups in total. The van der Waals surface area contributed by atoms with Gasteiger partial charge in [0.2, 0.25) is 0 Å². The molecule has 0 fully saturated rings. The standard InChI is InChI=1S/C19H11F3IN3O3S/c1-25-15(19(20,21)22)8-16(28)26(18(25)29)10-3-5-14-12(7-10)17(24-30-14)11-6-9(23)2-4-13(11)27/h2-8,27H,1H3. The van der Waals surface area contributed by atoms with E-state index in [0.29, 0.717) is 31.8 Å². The molecule has 0 unspecified atom stereocenters. The van der Waals surface area contributed by atoms with E-state index >= 15 is 0 Å². The van der Waals surface area contributed by atoms with Gasteiger partial charge in [-0.15, -0.1) is 0 Å². The summed E-state index contributed by atoms with van der Waals surface area (Å²) in [6, 6.07) is 9.98. The number of hydrogen-bond acceptors (Lipinski definition) is 5. The second-order valence-corrected chi connectivity index (χ2v) is 8.47. The molecular weight excluding hydrogens is 534 g/mol. The molecule has 11 heteroatoms. The molecule has 2 aromatic heterocycles. The lowest BCUT2D eigenvalue weighted by atomic mass is 10.1. The molecule has 4 aromatic rings. The second kappa shape index (κ2) is 7.23. The van der Waals surface area contributed by atoms with E-state index in [4.69, 9.17) is 0 Å². The molecule has 0 atom stereocenters. The molecule has 0 aliphatic heterocycles. The quantitative estimate of drug-likeness (QED) is 0.385. The number of rotatable bonds is 2. The molecular formula is C19H11F3IN3O3S. The van der Waals surface area contributed by atoms with Gasteiger partial charge < -0.3 is 5.11 Å². The van der Waals surface area contributed by atoms with E-state index in [0.717, 1.165) is 26.9 Å². The summed E-state index contributed by atoms with van der Waals surface area (Å²) >= 11 is 3.25. The Morgan fingerprint density at radius 1 is 1.10 bits per heavy atom. The van der Waals surface area contributed by atoms with Crippen LogP contribution in [-0.2, 0) is 13.2 Å². The van der Waals surface area contributed by atoms with Crippen molar-refractivity contribution in [3.63, 3.8) is 0 Å². The Labute approximate surface area is 184 Å². The van der Waals surface area contributed by atoms with Crippen molar-refractivity contribution in [2.45, 2.75) is 6.18 Å². The Balaban J connectivity index is 1.96. The monoisotopic (exact) mass is 545 g/mol. The van der Waals surface area contributed by atoms with E-state index < -0.39 is 23.1 Å². The van der Waals surface area contributed by atoms with Crippen molar-refractivity contribution in [2.75, 3.05) is 0 Å². The first-order chi connectivity index (χ1) is 14.1.